The van der Waals surface area contributed by atoms with E-state index in [2.05, 4.69) is 51.8 Å². The molecule has 5 rings (SSSR count). The van der Waals surface area contributed by atoms with Gasteiger partial charge in [-0.15, -0.1) is 10.2 Å². The van der Waals surface area contributed by atoms with Crippen LogP contribution in [0.1, 0.15) is 28.4 Å². The number of benzene rings is 3. The Hall–Kier alpha value is -4.52. The first-order chi connectivity index (χ1) is 16.7. The molecule has 0 radical (unpaired) electrons. The van der Waals surface area contributed by atoms with Gasteiger partial charge in [-0.05, 0) is 53.9 Å². The number of anilines is 1. The fraction of sp³-hybridized carbons (Fsp3) is 0.111. The van der Waals surface area contributed by atoms with E-state index in [1.54, 1.807) is 41.2 Å². The van der Waals surface area contributed by atoms with Crippen LogP contribution in [0.5, 0.6) is 0 Å². The standard InChI is InChI=1S/C27H23N5O2/c1-2-19-8-10-20(11-9-19)18-32-24(16-17-28-32)29-25(33)21-12-14-23(15-13-21)27-31-30-26(34-27)22-6-4-3-5-7-22/h3-17H,2,18H2,1H3,(H,29,33). The summed E-state index contributed by atoms with van der Waals surface area (Å²) < 4.78 is 7.57. The molecule has 2 aromatic heterocycles. The largest absolute Gasteiger partial charge is 0.416 e. The third kappa shape index (κ3) is 4.63. The van der Waals surface area contributed by atoms with Crippen molar-refractivity contribution in [1.29, 1.82) is 0 Å². The van der Waals surface area contributed by atoms with Crippen LogP contribution in [0.4, 0.5) is 5.82 Å². The van der Waals surface area contributed by atoms with Gasteiger partial charge in [0.1, 0.15) is 5.82 Å². The van der Waals surface area contributed by atoms with Gasteiger partial charge in [0.25, 0.3) is 5.91 Å². The van der Waals surface area contributed by atoms with E-state index < -0.39 is 0 Å². The quantitative estimate of drug-likeness (QED) is 0.356. The summed E-state index contributed by atoms with van der Waals surface area (Å²) in [7, 11) is 0. The van der Waals surface area contributed by atoms with Crippen molar-refractivity contribution in [3.63, 3.8) is 0 Å². The zero-order valence-electron chi connectivity index (χ0n) is 18.7. The van der Waals surface area contributed by atoms with Crippen LogP contribution in [-0.2, 0) is 13.0 Å². The third-order valence-corrected chi connectivity index (χ3v) is 5.56. The van der Waals surface area contributed by atoms with E-state index >= 15 is 0 Å². The first-order valence-corrected chi connectivity index (χ1v) is 11.1. The summed E-state index contributed by atoms with van der Waals surface area (Å²) in [5.41, 5.74) is 4.53. The monoisotopic (exact) mass is 449 g/mol. The van der Waals surface area contributed by atoms with Gasteiger partial charge in [-0.3, -0.25) is 4.79 Å². The predicted molar refractivity (Wildman–Crippen MR) is 130 cm³/mol. The number of rotatable bonds is 7. The number of nitrogens with one attached hydrogen (secondary N) is 1. The Morgan fingerprint density at radius 2 is 1.47 bits per heavy atom. The molecule has 0 atom stereocenters. The lowest BCUT2D eigenvalue weighted by Crippen LogP contribution is -2.16. The molecule has 3 aromatic carbocycles. The molecule has 7 nitrogen and oxygen atoms in total. The topological polar surface area (TPSA) is 85.8 Å². The van der Waals surface area contributed by atoms with Gasteiger partial charge < -0.3 is 9.73 Å². The number of hydrogen-bond acceptors (Lipinski definition) is 5. The average molecular weight is 450 g/mol. The highest BCUT2D eigenvalue weighted by Gasteiger charge is 2.13. The summed E-state index contributed by atoms with van der Waals surface area (Å²) in [6.07, 6.45) is 2.68. The molecule has 0 aliphatic rings. The maximum Gasteiger partial charge on any atom is 0.256 e. The Balaban J connectivity index is 1.27. The highest BCUT2D eigenvalue weighted by Crippen LogP contribution is 2.24. The van der Waals surface area contributed by atoms with E-state index in [-0.39, 0.29) is 5.91 Å². The van der Waals surface area contributed by atoms with E-state index in [0.717, 1.165) is 23.1 Å². The molecule has 0 saturated heterocycles. The minimum absolute atomic E-state index is 0.217. The molecular weight excluding hydrogens is 426 g/mol. The number of aryl methyl sites for hydroxylation is 1. The van der Waals surface area contributed by atoms with E-state index in [1.165, 1.54) is 5.56 Å². The highest BCUT2D eigenvalue weighted by molar-refractivity contribution is 6.04. The Morgan fingerprint density at radius 1 is 0.824 bits per heavy atom. The van der Waals surface area contributed by atoms with Crippen molar-refractivity contribution in [1.82, 2.24) is 20.0 Å². The van der Waals surface area contributed by atoms with Crippen LogP contribution in [0.25, 0.3) is 22.9 Å². The lowest BCUT2D eigenvalue weighted by atomic mass is 10.1. The number of aromatic nitrogens is 4. The molecule has 0 bridgehead atoms. The minimum atomic E-state index is -0.217. The molecule has 2 heterocycles. The molecule has 0 aliphatic carbocycles. The lowest BCUT2D eigenvalue weighted by Gasteiger charge is -2.10. The summed E-state index contributed by atoms with van der Waals surface area (Å²) in [6.45, 7) is 2.71. The van der Waals surface area contributed by atoms with Crippen molar-refractivity contribution >= 4 is 11.7 Å². The summed E-state index contributed by atoms with van der Waals surface area (Å²) in [5.74, 6) is 1.27. The Morgan fingerprint density at radius 3 is 2.15 bits per heavy atom. The van der Waals surface area contributed by atoms with Crippen molar-refractivity contribution in [3.05, 3.63) is 108 Å². The number of nitrogens with zero attached hydrogens (tertiary/aromatic N) is 4. The van der Waals surface area contributed by atoms with Gasteiger partial charge in [0.05, 0.1) is 12.7 Å². The van der Waals surface area contributed by atoms with E-state index in [9.17, 15) is 4.79 Å². The number of amides is 1. The Bertz CT molecular complexity index is 1390. The fourth-order valence-electron chi connectivity index (χ4n) is 3.61. The molecule has 1 amide bonds. The van der Waals surface area contributed by atoms with Gasteiger partial charge in [0, 0.05) is 22.8 Å². The van der Waals surface area contributed by atoms with E-state index in [1.807, 2.05) is 30.3 Å². The van der Waals surface area contributed by atoms with Crippen LogP contribution in [0.2, 0.25) is 0 Å². The summed E-state index contributed by atoms with van der Waals surface area (Å²) in [5, 5.41) is 15.6. The molecule has 7 heteroatoms. The lowest BCUT2D eigenvalue weighted by molar-refractivity contribution is 0.102. The van der Waals surface area contributed by atoms with Gasteiger partial charge >= 0.3 is 0 Å². The van der Waals surface area contributed by atoms with E-state index in [0.29, 0.717) is 29.7 Å². The van der Waals surface area contributed by atoms with Crippen LogP contribution >= 0.6 is 0 Å². The summed E-state index contributed by atoms with van der Waals surface area (Å²) in [4.78, 5) is 12.8. The SMILES string of the molecule is CCc1ccc(Cn2nccc2NC(=O)c2ccc(-c3nnc(-c4ccccc4)o3)cc2)cc1. The molecule has 0 saturated carbocycles. The average Bonchev–Trinajstić information content (AvgIpc) is 3.55. The van der Waals surface area contributed by atoms with Crippen LogP contribution in [0.3, 0.4) is 0 Å². The zero-order valence-corrected chi connectivity index (χ0v) is 18.7. The molecule has 0 aliphatic heterocycles. The molecule has 5 aromatic rings. The molecule has 0 unspecified atom stereocenters. The predicted octanol–water partition coefficient (Wildman–Crippen LogP) is 5.46. The third-order valence-electron chi connectivity index (χ3n) is 5.56. The second kappa shape index (κ2) is 9.54. The van der Waals surface area contributed by atoms with Crippen molar-refractivity contribution in [2.45, 2.75) is 19.9 Å². The maximum absolute atomic E-state index is 12.8. The normalized spacial score (nSPS) is 10.9. The molecule has 34 heavy (non-hydrogen) atoms. The fourth-order valence-corrected chi connectivity index (χ4v) is 3.61. The highest BCUT2D eigenvalue weighted by atomic mass is 16.4. The van der Waals surface area contributed by atoms with Crippen molar-refractivity contribution in [3.8, 4) is 22.9 Å². The molecule has 168 valence electrons. The number of carbonyl (C=O) groups is 1. The van der Waals surface area contributed by atoms with Crippen LogP contribution in [-0.4, -0.2) is 25.9 Å². The Labute approximate surface area is 197 Å². The van der Waals surface area contributed by atoms with Gasteiger partial charge in [-0.25, -0.2) is 4.68 Å². The van der Waals surface area contributed by atoms with Gasteiger partial charge in [-0.1, -0.05) is 49.4 Å². The summed E-state index contributed by atoms with van der Waals surface area (Å²) >= 11 is 0. The number of carbonyl (C=O) groups excluding carboxylic acids is 1. The van der Waals surface area contributed by atoms with Crippen molar-refractivity contribution in [2.75, 3.05) is 5.32 Å². The molecular formula is C27H23N5O2. The van der Waals surface area contributed by atoms with E-state index in [4.69, 9.17) is 4.42 Å². The van der Waals surface area contributed by atoms with Gasteiger partial charge in [0.2, 0.25) is 11.8 Å². The van der Waals surface area contributed by atoms with Crippen LogP contribution < -0.4 is 5.32 Å². The second-order valence-corrected chi connectivity index (χ2v) is 7.85. The van der Waals surface area contributed by atoms with Crippen LogP contribution in [0, 0.1) is 0 Å². The molecule has 0 spiro atoms. The smallest absolute Gasteiger partial charge is 0.256 e. The van der Waals surface area contributed by atoms with Crippen LogP contribution in [0.15, 0.2) is 95.5 Å². The Kier molecular flexibility index (Phi) is 5.99. The maximum atomic E-state index is 12.8. The van der Waals surface area contributed by atoms with Gasteiger partial charge in [-0.2, -0.15) is 5.10 Å². The second-order valence-electron chi connectivity index (χ2n) is 7.85. The minimum Gasteiger partial charge on any atom is -0.416 e. The molecule has 0 fully saturated rings. The first kappa shape index (κ1) is 21.3. The zero-order chi connectivity index (χ0) is 23.3. The first-order valence-electron chi connectivity index (χ1n) is 11.1. The van der Waals surface area contributed by atoms with Crippen molar-refractivity contribution < 1.29 is 9.21 Å². The van der Waals surface area contributed by atoms with Crippen molar-refractivity contribution in [2.24, 2.45) is 0 Å². The molecule has 1 N–H and O–H groups in total. The number of hydrogen-bond donors (Lipinski definition) is 1. The summed E-state index contributed by atoms with van der Waals surface area (Å²) in [6, 6.07) is 26.9. The van der Waals surface area contributed by atoms with Gasteiger partial charge in [0.15, 0.2) is 0 Å².